The van der Waals surface area contributed by atoms with Gasteiger partial charge in [-0.3, -0.25) is 0 Å². The lowest BCUT2D eigenvalue weighted by atomic mass is 10.1. The Morgan fingerprint density at radius 1 is 1.13 bits per heavy atom. The number of anilines is 1. The van der Waals surface area contributed by atoms with E-state index in [-0.39, 0.29) is 5.82 Å². The topological polar surface area (TPSA) is 38.9 Å². The summed E-state index contributed by atoms with van der Waals surface area (Å²) in [5, 5.41) is 0. The molecule has 0 fully saturated rings. The number of halogens is 1. The van der Waals surface area contributed by atoms with E-state index in [1.54, 1.807) is 12.3 Å². The average Bonchev–Trinajstić information content (AvgIpc) is 2.17. The maximum absolute atomic E-state index is 13.1. The van der Waals surface area contributed by atoms with Gasteiger partial charge in [0.15, 0.2) is 0 Å². The van der Waals surface area contributed by atoms with E-state index < -0.39 is 0 Å². The molecular formula is C12H11FN2. The Bertz CT molecular complexity index is 457. The Morgan fingerprint density at radius 2 is 1.93 bits per heavy atom. The predicted octanol–water partition coefficient (Wildman–Crippen LogP) is 2.78. The molecule has 3 heteroatoms. The highest BCUT2D eigenvalue weighted by atomic mass is 19.1. The highest BCUT2D eigenvalue weighted by Gasteiger charge is 2.01. The Labute approximate surface area is 87.6 Å². The smallest absolute Gasteiger partial charge is 0.124 e. The quantitative estimate of drug-likeness (QED) is 0.772. The first-order chi connectivity index (χ1) is 7.15. The molecule has 0 spiro atoms. The van der Waals surface area contributed by atoms with Crippen molar-refractivity contribution >= 4 is 5.82 Å². The molecule has 0 aliphatic rings. The van der Waals surface area contributed by atoms with Crippen LogP contribution in [0.2, 0.25) is 0 Å². The number of nitrogen functional groups attached to an aromatic ring is 1. The summed E-state index contributed by atoms with van der Waals surface area (Å²) in [6, 6.07) is 8.43. The summed E-state index contributed by atoms with van der Waals surface area (Å²) in [6.45, 7) is 1.86. The zero-order valence-corrected chi connectivity index (χ0v) is 8.37. The number of nitrogens with zero attached hydrogens (tertiary/aromatic N) is 1. The lowest BCUT2D eigenvalue weighted by molar-refractivity contribution is 0.627. The first-order valence-electron chi connectivity index (χ1n) is 4.64. The number of hydrogen-bond donors (Lipinski definition) is 1. The van der Waals surface area contributed by atoms with Gasteiger partial charge in [0.2, 0.25) is 0 Å². The standard InChI is InChI=1S/C12H11FN2/c1-8-4-10(6-11(13)5-8)9-2-3-12(14)15-7-9/h2-7H,1H3,(H2,14,15). The van der Waals surface area contributed by atoms with E-state index in [1.165, 1.54) is 12.1 Å². The normalized spacial score (nSPS) is 10.3. The molecule has 0 aliphatic heterocycles. The fourth-order valence-corrected chi connectivity index (χ4v) is 1.48. The fraction of sp³-hybridized carbons (Fsp3) is 0.0833. The van der Waals surface area contributed by atoms with Gasteiger partial charge in [0.1, 0.15) is 11.6 Å². The van der Waals surface area contributed by atoms with Crippen LogP contribution in [0.3, 0.4) is 0 Å². The van der Waals surface area contributed by atoms with Crippen LogP contribution in [0.1, 0.15) is 5.56 Å². The van der Waals surface area contributed by atoms with Gasteiger partial charge in [-0.1, -0.05) is 6.07 Å². The van der Waals surface area contributed by atoms with Gasteiger partial charge in [-0.05, 0) is 42.3 Å². The molecule has 0 unspecified atom stereocenters. The van der Waals surface area contributed by atoms with Crippen LogP contribution in [-0.2, 0) is 0 Å². The minimum atomic E-state index is -0.234. The first kappa shape index (κ1) is 9.65. The molecule has 0 atom stereocenters. The Balaban J connectivity index is 2.49. The fourth-order valence-electron chi connectivity index (χ4n) is 1.48. The third kappa shape index (κ3) is 2.13. The number of aryl methyl sites for hydroxylation is 1. The highest BCUT2D eigenvalue weighted by Crippen LogP contribution is 2.21. The van der Waals surface area contributed by atoms with Gasteiger partial charge in [-0.2, -0.15) is 0 Å². The van der Waals surface area contributed by atoms with Gasteiger partial charge >= 0.3 is 0 Å². The molecule has 2 N–H and O–H groups in total. The van der Waals surface area contributed by atoms with E-state index >= 15 is 0 Å². The lowest BCUT2D eigenvalue weighted by Crippen LogP contribution is -1.89. The van der Waals surface area contributed by atoms with Crippen LogP contribution in [0.4, 0.5) is 10.2 Å². The van der Waals surface area contributed by atoms with E-state index in [0.717, 1.165) is 16.7 Å². The Kier molecular flexibility index (Phi) is 2.37. The molecule has 0 amide bonds. The number of pyridine rings is 1. The van der Waals surface area contributed by atoms with E-state index in [2.05, 4.69) is 4.98 Å². The van der Waals surface area contributed by atoms with Crippen molar-refractivity contribution in [2.45, 2.75) is 6.92 Å². The summed E-state index contributed by atoms with van der Waals surface area (Å²) >= 11 is 0. The Morgan fingerprint density at radius 3 is 2.53 bits per heavy atom. The van der Waals surface area contributed by atoms with Gasteiger partial charge in [0.25, 0.3) is 0 Å². The third-order valence-corrected chi connectivity index (χ3v) is 2.16. The number of nitrogens with two attached hydrogens (primary N) is 1. The summed E-state index contributed by atoms with van der Waals surface area (Å²) < 4.78 is 13.1. The van der Waals surface area contributed by atoms with E-state index in [1.807, 2.05) is 19.1 Å². The summed E-state index contributed by atoms with van der Waals surface area (Å²) in [4.78, 5) is 3.97. The summed E-state index contributed by atoms with van der Waals surface area (Å²) in [7, 11) is 0. The van der Waals surface area contributed by atoms with Crippen LogP contribution >= 0.6 is 0 Å². The maximum atomic E-state index is 13.1. The second-order valence-electron chi connectivity index (χ2n) is 3.49. The van der Waals surface area contributed by atoms with Crippen LogP contribution in [0.15, 0.2) is 36.5 Å². The number of rotatable bonds is 1. The number of hydrogen-bond acceptors (Lipinski definition) is 2. The van der Waals surface area contributed by atoms with Crippen LogP contribution < -0.4 is 5.73 Å². The zero-order chi connectivity index (χ0) is 10.8. The van der Waals surface area contributed by atoms with E-state index in [9.17, 15) is 4.39 Å². The molecule has 0 bridgehead atoms. The summed E-state index contributed by atoms with van der Waals surface area (Å²) in [5.74, 6) is 0.230. The van der Waals surface area contributed by atoms with E-state index in [0.29, 0.717) is 5.82 Å². The minimum absolute atomic E-state index is 0.234. The van der Waals surface area contributed by atoms with Crippen molar-refractivity contribution < 1.29 is 4.39 Å². The van der Waals surface area contributed by atoms with Crippen LogP contribution in [0.5, 0.6) is 0 Å². The van der Waals surface area contributed by atoms with Crippen molar-refractivity contribution in [3.8, 4) is 11.1 Å². The van der Waals surface area contributed by atoms with Gasteiger partial charge < -0.3 is 5.73 Å². The zero-order valence-electron chi connectivity index (χ0n) is 8.37. The third-order valence-electron chi connectivity index (χ3n) is 2.16. The molecule has 1 aromatic heterocycles. The molecule has 1 heterocycles. The van der Waals surface area contributed by atoms with Crippen LogP contribution in [0.25, 0.3) is 11.1 Å². The molecule has 2 nitrogen and oxygen atoms in total. The average molecular weight is 202 g/mol. The van der Waals surface area contributed by atoms with Crippen molar-refractivity contribution in [3.63, 3.8) is 0 Å². The van der Waals surface area contributed by atoms with Crippen molar-refractivity contribution in [1.82, 2.24) is 4.98 Å². The SMILES string of the molecule is Cc1cc(F)cc(-c2ccc(N)nc2)c1. The molecule has 2 aromatic rings. The van der Waals surface area contributed by atoms with Gasteiger partial charge in [-0.15, -0.1) is 0 Å². The van der Waals surface area contributed by atoms with Crippen LogP contribution in [-0.4, -0.2) is 4.98 Å². The molecule has 0 saturated carbocycles. The van der Waals surface area contributed by atoms with Crippen LogP contribution in [0, 0.1) is 12.7 Å². The molecule has 15 heavy (non-hydrogen) atoms. The second-order valence-corrected chi connectivity index (χ2v) is 3.49. The molecule has 0 radical (unpaired) electrons. The van der Waals surface area contributed by atoms with Crippen molar-refractivity contribution in [1.29, 1.82) is 0 Å². The van der Waals surface area contributed by atoms with Gasteiger partial charge in [0.05, 0.1) is 0 Å². The Hall–Kier alpha value is -1.90. The maximum Gasteiger partial charge on any atom is 0.124 e. The molecule has 76 valence electrons. The van der Waals surface area contributed by atoms with Crippen molar-refractivity contribution in [2.24, 2.45) is 0 Å². The second kappa shape index (κ2) is 3.69. The summed E-state index contributed by atoms with van der Waals surface area (Å²) in [5.41, 5.74) is 8.06. The van der Waals surface area contributed by atoms with Crippen molar-refractivity contribution in [2.75, 3.05) is 5.73 Å². The van der Waals surface area contributed by atoms with Gasteiger partial charge in [-0.25, -0.2) is 9.37 Å². The molecule has 0 saturated heterocycles. The lowest BCUT2D eigenvalue weighted by Gasteiger charge is -2.03. The first-order valence-corrected chi connectivity index (χ1v) is 4.64. The number of aromatic nitrogens is 1. The number of benzene rings is 1. The highest BCUT2D eigenvalue weighted by molar-refractivity contribution is 5.64. The summed E-state index contributed by atoms with van der Waals surface area (Å²) in [6.07, 6.45) is 1.64. The van der Waals surface area contributed by atoms with Gasteiger partial charge in [0, 0.05) is 11.8 Å². The monoisotopic (exact) mass is 202 g/mol. The minimum Gasteiger partial charge on any atom is -0.384 e. The largest absolute Gasteiger partial charge is 0.384 e. The predicted molar refractivity (Wildman–Crippen MR) is 58.8 cm³/mol. The molecule has 0 aliphatic carbocycles. The van der Waals surface area contributed by atoms with Crippen molar-refractivity contribution in [3.05, 3.63) is 47.9 Å². The molecule has 2 rings (SSSR count). The van der Waals surface area contributed by atoms with E-state index in [4.69, 9.17) is 5.73 Å². The molecule has 1 aromatic carbocycles. The molecular weight excluding hydrogens is 191 g/mol.